The first-order chi connectivity index (χ1) is 12.3. The van der Waals surface area contributed by atoms with Crippen LogP contribution < -0.4 is 5.32 Å². The fourth-order valence-corrected chi connectivity index (χ4v) is 3.13. The van der Waals surface area contributed by atoms with Gasteiger partial charge >= 0.3 is 5.97 Å². The largest absolute Gasteiger partial charge is 0.448 e. The molecule has 2 aromatic rings. The quantitative estimate of drug-likeness (QED) is 0.856. The third-order valence-electron chi connectivity index (χ3n) is 4.28. The van der Waals surface area contributed by atoms with Crippen molar-refractivity contribution in [3.8, 4) is 5.69 Å². The summed E-state index contributed by atoms with van der Waals surface area (Å²) >= 11 is 0. The van der Waals surface area contributed by atoms with Crippen molar-refractivity contribution < 1.29 is 14.3 Å². The molecule has 0 saturated carbocycles. The number of rotatable bonds is 4. The van der Waals surface area contributed by atoms with Crippen LogP contribution >= 0.6 is 0 Å². The van der Waals surface area contributed by atoms with E-state index in [0.717, 1.165) is 36.2 Å². The number of ether oxygens (including phenoxy) is 1. The van der Waals surface area contributed by atoms with Crippen LogP contribution in [0.4, 0.5) is 0 Å². The molecule has 0 aliphatic heterocycles. The maximum absolute atomic E-state index is 12.7. The fourth-order valence-electron chi connectivity index (χ4n) is 3.13. The molecular weight excluding hydrogens is 330 g/mol. The number of amides is 1. The molecule has 6 heteroatoms. The van der Waals surface area contributed by atoms with Crippen LogP contribution in [0.3, 0.4) is 0 Å². The monoisotopic (exact) mass is 355 g/mol. The summed E-state index contributed by atoms with van der Waals surface area (Å²) in [7, 11) is 0. The zero-order valence-corrected chi connectivity index (χ0v) is 15.7. The van der Waals surface area contributed by atoms with Crippen molar-refractivity contribution in [2.75, 3.05) is 0 Å². The number of nitrogens with one attached hydrogen (secondary N) is 1. The van der Waals surface area contributed by atoms with E-state index in [9.17, 15) is 9.59 Å². The summed E-state index contributed by atoms with van der Waals surface area (Å²) in [5, 5.41) is 7.32. The predicted molar refractivity (Wildman–Crippen MR) is 98.4 cm³/mol. The molecule has 0 saturated heterocycles. The van der Waals surface area contributed by atoms with Gasteiger partial charge in [0.2, 0.25) is 0 Å². The molecule has 1 aromatic carbocycles. The van der Waals surface area contributed by atoms with Crippen molar-refractivity contribution in [3.05, 3.63) is 47.3 Å². The van der Waals surface area contributed by atoms with Crippen LogP contribution in [-0.4, -0.2) is 33.3 Å². The van der Waals surface area contributed by atoms with Crippen LogP contribution in [0.25, 0.3) is 5.69 Å². The van der Waals surface area contributed by atoms with E-state index in [1.807, 2.05) is 55.8 Å². The molecule has 1 aliphatic carbocycles. The van der Waals surface area contributed by atoms with Gasteiger partial charge in [-0.15, -0.1) is 0 Å². The van der Waals surface area contributed by atoms with Gasteiger partial charge in [-0.2, -0.15) is 5.10 Å². The second-order valence-electron chi connectivity index (χ2n) is 7.66. The third kappa shape index (κ3) is 3.79. The molecular formula is C20H25N3O3. The number of hydrogen-bond acceptors (Lipinski definition) is 4. The van der Waals surface area contributed by atoms with E-state index in [0.29, 0.717) is 5.69 Å². The average Bonchev–Trinajstić information content (AvgIpc) is 3.16. The maximum atomic E-state index is 12.7. The average molecular weight is 355 g/mol. The Morgan fingerprint density at radius 2 is 1.88 bits per heavy atom. The third-order valence-corrected chi connectivity index (χ3v) is 4.28. The van der Waals surface area contributed by atoms with E-state index in [1.54, 1.807) is 6.92 Å². The van der Waals surface area contributed by atoms with Crippen molar-refractivity contribution in [1.82, 2.24) is 15.1 Å². The summed E-state index contributed by atoms with van der Waals surface area (Å²) in [6.45, 7) is 7.23. The van der Waals surface area contributed by atoms with Crippen LogP contribution in [0, 0.1) is 0 Å². The van der Waals surface area contributed by atoms with Gasteiger partial charge in [0.25, 0.3) is 5.91 Å². The normalized spacial score (nSPS) is 14.6. The molecule has 0 spiro atoms. The van der Waals surface area contributed by atoms with Gasteiger partial charge in [0.1, 0.15) is 0 Å². The molecule has 0 fully saturated rings. The Hall–Kier alpha value is -2.63. The van der Waals surface area contributed by atoms with Crippen molar-refractivity contribution in [1.29, 1.82) is 0 Å². The zero-order chi connectivity index (χ0) is 18.9. The highest BCUT2D eigenvalue weighted by molar-refractivity contribution is 5.92. The van der Waals surface area contributed by atoms with Crippen LogP contribution in [0.1, 0.15) is 55.9 Å². The summed E-state index contributed by atoms with van der Waals surface area (Å²) in [6, 6.07) is 9.74. The number of para-hydroxylation sites is 1. The van der Waals surface area contributed by atoms with E-state index in [1.165, 1.54) is 0 Å². The Balaban J connectivity index is 1.82. The molecule has 0 radical (unpaired) electrons. The second-order valence-corrected chi connectivity index (χ2v) is 7.66. The van der Waals surface area contributed by atoms with Crippen molar-refractivity contribution in [2.45, 2.75) is 58.6 Å². The number of carbonyl (C=O) groups excluding carboxylic acids is 2. The molecule has 1 amide bonds. The molecule has 138 valence electrons. The number of hydrogen-bond donors (Lipinski definition) is 1. The molecule has 0 unspecified atom stereocenters. The lowest BCUT2D eigenvalue weighted by atomic mass is 10.1. The van der Waals surface area contributed by atoms with Crippen LogP contribution in [-0.2, 0) is 22.4 Å². The lowest BCUT2D eigenvalue weighted by Crippen LogP contribution is -2.46. The van der Waals surface area contributed by atoms with E-state index in [2.05, 4.69) is 10.4 Å². The van der Waals surface area contributed by atoms with Gasteiger partial charge < -0.3 is 10.1 Å². The van der Waals surface area contributed by atoms with E-state index in [-0.39, 0.29) is 11.4 Å². The predicted octanol–water partition coefficient (Wildman–Crippen LogP) is 2.82. The maximum Gasteiger partial charge on any atom is 0.359 e. The summed E-state index contributed by atoms with van der Waals surface area (Å²) < 4.78 is 7.21. The van der Waals surface area contributed by atoms with Crippen molar-refractivity contribution in [3.63, 3.8) is 0 Å². The van der Waals surface area contributed by atoms with E-state index >= 15 is 0 Å². The minimum absolute atomic E-state index is 0.315. The highest BCUT2D eigenvalue weighted by atomic mass is 16.5. The summed E-state index contributed by atoms with van der Waals surface area (Å²) in [6.07, 6.45) is 1.79. The topological polar surface area (TPSA) is 73.2 Å². The first-order valence-electron chi connectivity index (χ1n) is 8.95. The first kappa shape index (κ1) is 18.2. The van der Waals surface area contributed by atoms with Crippen molar-refractivity contribution in [2.24, 2.45) is 0 Å². The highest BCUT2D eigenvalue weighted by Gasteiger charge is 2.30. The first-order valence-corrected chi connectivity index (χ1v) is 8.95. The highest BCUT2D eigenvalue weighted by Crippen LogP contribution is 2.28. The molecule has 1 atom stereocenters. The molecule has 1 heterocycles. The fraction of sp³-hybridized carbons (Fsp3) is 0.450. The second kappa shape index (κ2) is 6.94. The van der Waals surface area contributed by atoms with Crippen LogP contribution in [0.15, 0.2) is 30.3 Å². The smallest absolute Gasteiger partial charge is 0.359 e. The van der Waals surface area contributed by atoms with Gasteiger partial charge in [-0.25, -0.2) is 9.48 Å². The standard InChI is InChI=1S/C20H25N3O3/c1-13(18(24)21-20(2,3)4)26-19(25)17-15-11-8-12-16(15)23(22-17)14-9-6-5-7-10-14/h5-7,9-10,13H,8,11-12H2,1-4H3,(H,21,24)/t13-/m1/s1. The Kier molecular flexibility index (Phi) is 4.85. The minimum Gasteiger partial charge on any atom is -0.448 e. The van der Waals surface area contributed by atoms with Gasteiger partial charge in [-0.3, -0.25) is 4.79 Å². The zero-order valence-electron chi connectivity index (χ0n) is 15.7. The molecule has 1 aromatic heterocycles. The lowest BCUT2D eigenvalue weighted by Gasteiger charge is -2.23. The summed E-state index contributed by atoms with van der Waals surface area (Å²) in [5.74, 6) is -0.862. The van der Waals surface area contributed by atoms with Crippen LogP contribution in [0.2, 0.25) is 0 Å². The number of carbonyl (C=O) groups is 2. The minimum atomic E-state index is -0.874. The SMILES string of the molecule is C[C@@H](OC(=O)c1nn(-c2ccccc2)c2c1CCC2)C(=O)NC(C)(C)C. The van der Waals surface area contributed by atoms with Gasteiger partial charge in [0, 0.05) is 16.8 Å². The van der Waals surface area contributed by atoms with Gasteiger partial charge in [-0.1, -0.05) is 18.2 Å². The Labute approximate surface area is 153 Å². The summed E-state index contributed by atoms with van der Waals surface area (Å²) in [4.78, 5) is 24.8. The molecule has 6 nitrogen and oxygen atoms in total. The number of fused-ring (bicyclic) bond motifs is 1. The Morgan fingerprint density at radius 1 is 1.19 bits per heavy atom. The lowest BCUT2D eigenvalue weighted by molar-refractivity contribution is -0.130. The molecule has 0 bridgehead atoms. The van der Waals surface area contributed by atoms with E-state index < -0.39 is 12.1 Å². The molecule has 3 rings (SSSR count). The number of nitrogens with zero attached hydrogens (tertiary/aromatic N) is 2. The molecule has 1 aliphatic rings. The van der Waals surface area contributed by atoms with Crippen LogP contribution in [0.5, 0.6) is 0 Å². The molecule has 1 N–H and O–H groups in total. The van der Waals surface area contributed by atoms with Crippen molar-refractivity contribution >= 4 is 11.9 Å². The summed E-state index contributed by atoms with van der Waals surface area (Å²) in [5.41, 5.74) is 2.84. The Bertz CT molecular complexity index is 819. The Morgan fingerprint density at radius 3 is 2.54 bits per heavy atom. The number of benzene rings is 1. The van der Waals surface area contributed by atoms with Gasteiger partial charge in [0.05, 0.1) is 5.69 Å². The number of esters is 1. The van der Waals surface area contributed by atoms with Gasteiger partial charge in [-0.05, 0) is 59.1 Å². The molecule has 26 heavy (non-hydrogen) atoms. The number of aromatic nitrogens is 2. The van der Waals surface area contributed by atoms with E-state index in [4.69, 9.17) is 4.74 Å². The van der Waals surface area contributed by atoms with Gasteiger partial charge in [0.15, 0.2) is 11.8 Å².